The number of hydrazine groups is 1. The van der Waals surface area contributed by atoms with Gasteiger partial charge in [0.1, 0.15) is 11.5 Å². The minimum Gasteiger partial charge on any atom is -0.494 e. The van der Waals surface area contributed by atoms with Crippen molar-refractivity contribution in [2.75, 3.05) is 13.2 Å². The Kier molecular flexibility index (Phi) is 7.49. The molecule has 2 aromatic carbocycles. The van der Waals surface area contributed by atoms with Crippen LogP contribution in [0.3, 0.4) is 0 Å². The minimum atomic E-state index is -0.480. The highest BCUT2D eigenvalue weighted by Gasteiger charge is 2.10. The molecule has 0 heterocycles. The minimum absolute atomic E-state index is 0.236. The average Bonchev–Trinajstić information content (AvgIpc) is 2.67. The highest BCUT2D eigenvalue weighted by Crippen LogP contribution is 2.25. The van der Waals surface area contributed by atoms with Gasteiger partial charge in [-0.3, -0.25) is 20.4 Å². The lowest BCUT2D eigenvalue weighted by molar-refractivity contribution is -0.123. The monoisotopic (exact) mass is 390 g/mol. The summed E-state index contributed by atoms with van der Waals surface area (Å²) in [6.45, 7) is 6.06. The maximum atomic E-state index is 12.1. The number of hydrogen-bond acceptors (Lipinski definition) is 4. The molecule has 0 spiro atoms. The summed E-state index contributed by atoms with van der Waals surface area (Å²) in [5.74, 6) is 0.222. The molecule has 0 fully saturated rings. The van der Waals surface area contributed by atoms with Gasteiger partial charge in [-0.2, -0.15) is 0 Å². The molecule has 0 aliphatic rings. The van der Waals surface area contributed by atoms with E-state index in [1.165, 1.54) is 0 Å². The highest BCUT2D eigenvalue weighted by atomic mass is 35.5. The van der Waals surface area contributed by atoms with Crippen molar-refractivity contribution >= 4 is 23.4 Å². The second-order valence-electron chi connectivity index (χ2n) is 6.04. The summed E-state index contributed by atoms with van der Waals surface area (Å²) in [6, 6.07) is 10.2. The third-order valence-electron chi connectivity index (χ3n) is 3.66. The molecule has 2 N–H and O–H groups in total. The van der Waals surface area contributed by atoms with Gasteiger partial charge in [-0.15, -0.1) is 0 Å². The van der Waals surface area contributed by atoms with E-state index in [2.05, 4.69) is 10.9 Å². The Morgan fingerprint density at radius 1 is 1.00 bits per heavy atom. The topological polar surface area (TPSA) is 76.7 Å². The normalized spacial score (nSPS) is 10.2. The summed E-state index contributed by atoms with van der Waals surface area (Å²) in [6.07, 6.45) is 0.874. The SMILES string of the molecule is CCCOc1cccc(C(=O)NNC(=O)COc2cc(C)c(Cl)c(C)c2)c1. The molecule has 0 aliphatic carbocycles. The number of carbonyl (C=O) groups excluding carboxylic acids is 2. The zero-order valence-corrected chi connectivity index (χ0v) is 16.4. The molecule has 2 amide bonds. The van der Waals surface area contributed by atoms with E-state index in [0.717, 1.165) is 17.5 Å². The Morgan fingerprint density at radius 3 is 2.37 bits per heavy atom. The third kappa shape index (κ3) is 6.18. The van der Waals surface area contributed by atoms with Crippen LogP contribution in [0.2, 0.25) is 5.02 Å². The Morgan fingerprint density at radius 2 is 1.70 bits per heavy atom. The van der Waals surface area contributed by atoms with Crippen LogP contribution < -0.4 is 20.3 Å². The molecule has 0 radical (unpaired) electrons. The van der Waals surface area contributed by atoms with Crippen molar-refractivity contribution in [2.24, 2.45) is 0 Å². The number of aryl methyl sites for hydroxylation is 2. The van der Waals surface area contributed by atoms with E-state index in [9.17, 15) is 9.59 Å². The van der Waals surface area contributed by atoms with E-state index in [1.807, 2.05) is 20.8 Å². The van der Waals surface area contributed by atoms with Crippen LogP contribution in [-0.2, 0) is 4.79 Å². The first-order valence-electron chi connectivity index (χ1n) is 8.62. The van der Waals surface area contributed by atoms with E-state index in [0.29, 0.717) is 28.7 Å². The standard InChI is InChI=1S/C20H23ClN2O4/c1-4-8-26-16-7-5-6-15(11-16)20(25)23-22-18(24)12-27-17-9-13(2)19(21)14(3)10-17/h5-7,9-11H,4,8,12H2,1-3H3,(H,22,24)(H,23,25). The number of halogens is 1. The quantitative estimate of drug-likeness (QED) is 0.708. The summed E-state index contributed by atoms with van der Waals surface area (Å²) in [7, 11) is 0. The molecule has 2 rings (SSSR count). The van der Waals surface area contributed by atoms with Gasteiger partial charge in [0.25, 0.3) is 11.8 Å². The Balaban J connectivity index is 1.84. The summed E-state index contributed by atoms with van der Waals surface area (Å²) >= 11 is 6.10. The van der Waals surface area contributed by atoms with Crippen molar-refractivity contribution in [3.8, 4) is 11.5 Å². The van der Waals surface area contributed by atoms with Crippen LogP contribution in [0.5, 0.6) is 11.5 Å². The maximum Gasteiger partial charge on any atom is 0.276 e. The number of rotatable bonds is 7. The molecule has 7 heteroatoms. The van der Waals surface area contributed by atoms with Crippen LogP contribution in [0, 0.1) is 13.8 Å². The molecule has 27 heavy (non-hydrogen) atoms. The smallest absolute Gasteiger partial charge is 0.276 e. The largest absolute Gasteiger partial charge is 0.494 e. The lowest BCUT2D eigenvalue weighted by Gasteiger charge is -2.11. The van der Waals surface area contributed by atoms with Crippen molar-refractivity contribution in [3.63, 3.8) is 0 Å². The van der Waals surface area contributed by atoms with Gasteiger partial charge >= 0.3 is 0 Å². The Bertz CT molecular complexity index is 800. The molecular weight excluding hydrogens is 368 g/mol. The molecule has 0 saturated carbocycles. The first-order valence-corrected chi connectivity index (χ1v) is 9.00. The van der Waals surface area contributed by atoms with Gasteiger partial charge in [-0.05, 0) is 61.7 Å². The van der Waals surface area contributed by atoms with Crippen molar-refractivity contribution in [1.29, 1.82) is 0 Å². The van der Waals surface area contributed by atoms with E-state index in [4.69, 9.17) is 21.1 Å². The van der Waals surface area contributed by atoms with Crippen LogP contribution in [0.15, 0.2) is 36.4 Å². The average molecular weight is 391 g/mol. The molecule has 0 saturated heterocycles. The molecule has 144 valence electrons. The van der Waals surface area contributed by atoms with Gasteiger partial charge in [0.15, 0.2) is 6.61 Å². The van der Waals surface area contributed by atoms with E-state index in [1.54, 1.807) is 36.4 Å². The van der Waals surface area contributed by atoms with Crippen LogP contribution in [-0.4, -0.2) is 25.0 Å². The van der Waals surface area contributed by atoms with Gasteiger partial charge in [-0.1, -0.05) is 24.6 Å². The van der Waals surface area contributed by atoms with E-state index in [-0.39, 0.29) is 6.61 Å². The number of nitrogens with one attached hydrogen (secondary N) is 2. The molecule has 0 aromatic heterocycles. The van der Waals surface area contributed by atoms with Crippen LogP contribution in [0.1, 0.15) is 34.8 Å². The van der Waals surface area contributed by atoms with Crippen molar-refractivity contribution in [1.82, 2.24) is 10.9 Å². The fourth-order valence-corrected chi connectivity index (χ4v) is 2.43. The summed E-state index contributed by atoms with van der Waals surface area (Å²) in [5.41, 5.74) is 6.79. The molecule has 0 aliphatic heterocycles. The fraction of sp³-hybridized carbons (Fsp3) is 0.300. The first kappa shape index (κ1) is 20.6. The predicted molar refractivity (Wildman–Crippen MR) is 104 cm³/mol. The molecule has 0 unspecified atom stereocenters. The molecule has 2 aromatic rings. The molecule has 0 bridgehead atoms. The van der Waals surface area contributed by atoms with Crippen LogP contribution in [0.4, 0.5) is 0 Å². The van der Waals surface area contributed by atoms with Crippen LogP contribution >= 0.6 is 11.6 Å². The number of amides is 2. The fourth-order valence-electron chi connectivity index (χ4n) is 2.32. The summed E-state index contributed by atoms with van der Waals surface area (Å²) < 4.78 is 10.9. The van der Waals surface area contributed by atoms with Gasteiger partial charge in [0.05, 0.1) is 6.61 Å². The van der Waals surface area contributed by atoms with E-state index < -0.39 is 11.8 Å². The number of ether oxygens (including phenoxy) is 2. The summed E-state index contributed by atoms with van der Waals surface area (Å²) in [5, 5.41) is 0.671. The molecule has 0 atom stereocenters. The highest BCUT2D eigenvalue weighted by molar-refractivity contribution is 6.32. The zero-order chi connectivity index (χ0) is 19.8. The van der Waals surface area contributed by atoms with Crippen molar-refractivity contribution in [2.45, 2.75) is 27.2 Å². The number of hydrogen-bond donors (Lipinski definition) is 2. The first-order chi connectivity index (χ1) is 12.9. The van der Waals surface area contributed by atoms with Gasteiger partial charge in [-0.25, -0.2) is 0 Å². The van der Waals surface area contributed by atoms with Gasteiger partial charge in [0.2, 0.25) is 0 Å². The van der Waals surface area contributed by atoms with Crippen molar-refractivity contribution in [3.05, 3.63) is 58.1 Å². The molecular formula is C20H23ClN2O4. The van der Waals surface area contributed by atoms with Crippen LogP contribution in [0.25, 0.3) is 0 Å². The zero-order valence-electron chi connectivity index (χ0n) is 15.6. The Hall–Kier alpha value is -2.73. The maximum absolute atomic E-state index is 12.1. The number of benzene rings is 2. The lowest BCUT2D eigenvalue weighted by atomic mass is 10.1. The number of carbonyl (C=O) groups is 2. The second-order valence-corrected chi connectivity index (χ2v) is 6.42. The molecule has 6 nitrogen and oxygen atoms in total. The van der Waals surface area contributed by atoms with Gasteiger partial charge in [0, 0.05) is 10.6 Å². The predicted octanol–water partition coefficient (Wildman–Crippen LogP) is 3.59. The third-order valence-corrected chi connectivity index (χ3v) is 4.26. The van der Waals surface area contributed by atoms with Crippen molar-refractivity contribution < 1.29 is 19.1 Å². The summed E-state index contributed by atoms with van der Waals surface area (Å²) in [4.78, 5) is 24.0. The second kappa shape index (κ2) is 9.83. The van der Waals surface area contributed by atoms with Gasteiger partial charge < -0.3 is 9.47 Å². The van der Waals surface area contributed by atoms with E-state index >= 15 is 0 Å². The Labute approximate surface area is 163 Å². The lowest BCUT2D eigenvalue weighted by Crippen LogP contribution is -2.43.